The SMILES string of the molecule is C=C(COCCOCCOCCCC)c1ccc(CCC)cc1. The van der Waals surface area contributed by atoms with Gasteiger partial charge in [0.1, 0.15) is 0 Å². The monoisotopic (exact) mass is 320 g/mol. The van der Waals surface area contributed by atoms with Gasteiger partial charge in [-0.1, -0.05) is 57.5 Å². The van der Waals surface area contributed by atoms with Crippen molar-refractivity contribution >= 4 is 5.57 Å². The smallest absolute Gasteiger partial charge is 0.0718 e. The highest BCUT2D eigenvalue weighted by atomic mass is 16.5. The molecule has 0 unspecified atom stereocenters. The standard InChI is InChI=1S/C20H32O3/c1-4-6-12-21-13-14-22-15-16-23-17-18(3)20-10-8-19(7-5-2)9-11-20/h8-11H,3-7,12-17H2,1-2H3. The van der Waals surface area contributed by atoms with E-state index in [0.29, 0.717) is 33.0 Å². The van der Waals surface area contributed by atoms with Crippen LogP contribution in [0.4, 0.5) is 0 Å². The van der Waals surface area contributed by atoms with Crippen molar-refractivity contribution in [2.45, 2.75) is 39.5 Å². The van der Waals surface area contributed by atoms with E-state index in [4.69, 9.17) is 14.2 Å². The molecule has 0 amide bonds. The van der Waals surface area contributed by atoms with Gasteiger partial charge in [0.15, 0.2) is 0 Å². The maximum Gasteiger partial charge on any atom is 0.0718 e. The highest BCUT2D eigenvalue weighted by Crippen LogP contribution is 2.14. The van der Waals surface area contributed by atoms with Gasteiger partial charge in [-0.25, -0.2) is 0 Å². The van der Waals surface area contributed by atoms with Crippen molar-refractivity contribution in [2.24, 2.45) is 0 Å². The summed E-state index contributed by atoms with van der Waals surface area (Å²) in [5, 5.41) is 0. The zero-order valence-electron chi connectivity index (χ0n) is 14.8. The second kappa shape index (κ2) is 13.3. The average Bonchev–Trinajstić information content (AvgIpc) is 2.57. The molecule has 0 spiro atoms. The molecule has 0 saturated carbocycles. The Balaban J connectivity index is 2.03. The van der Waals surface area contributed by atoms with Crippen LogP contribution in [0.5, 0.6) is 0 Å². The van der Waals surface area contributed by atoms with Crippen LogP contribution in [0.2, 0.25) is 0 Å². The molecule has 0 saturated heterocycles. The van der Waals surface area contributed by atoms with Crippen LogP contribution < -0.4 is 0 Å². The van der Waals surface area contributed by atoms with Gasteiger partial charge in [0.05, 0.1) is 33.0 Å². The first kappa shape index (κ1) is 19.9. The van der Waals surface area contributed by atoms with E-state index in [9.17, 15) is 0 Å². The highest BCUT2D eigenvalue weighted by molar-refractivity contribution is 5.64. The first-order valence-electron chi connectivity index (χ1n) is 8.78. The zero-order valence-corrected chi connectivity index (χ0v) is 14.8. The van der Waals surface area contributed by atoms with Crippen LogP contribution in [0, 0.1) is 0 Å². The topological polar surface area (TPSA) is 27.7 Å². The molecular formula is C20H32O3. The lowest BCUT2D eigenvalue weighted by Crippen LogP contribution is -2.10. The van der Waals surface area contributed by atoms with Crippen LogP contribution in [0.25, 0.3) is 5.57 Å². The second-order valence-electron chi connectivity index (χ2n) is 5.68. The van der Waals surface area contributed by atoms with Crippen molar-refractivity contribution in [1.29, 1.82) is 0 Å². The highest BCUT2D eigenvalue weighted by Gasteiger charge is 2.00. The summed E-state index contributed by atoms with van der Waals surface area (Å²) in [4.78, 5) is 0. The number of rotatable bonds is 14. The van der Waals surface area contributed by atoms with Crippen molar-refractivity contribution in [2.75, 3.05) is 39.6 Å². The average molecular weight is 320 g/mol. The molecule has 0 bridgehead atoms. The molecule has 0 heterocycles. The lowest BCUT2D eigenvalue weighted by atomic mass is 10.0. The van der Waals surface area contributed by atoms with E-state index in [1.165, 1.54) is 18.4 Å². The third-order valence-corrected chi connectivity index (χ3v) is 3.56. The molecule has 130 valence electrons. The number of hydrogen-bond donors (Lipinski definition) is 0. The molecule has 0 fully saturated rings. The molecule has 1 aromatic rings. The van der Waals surface area contributed by atoms with Crippen LogP contribution in [0.3, 0.4) is 0 Å². The third kappa shape index (κ3) is 9.54. The molecule has 0 aliphatic rings. The normalized spacial score (nSPS) is 10.9. The summed E-state index contributed by atoms with van der Waals surface area (Å²) < 4.78 is 16.5. The molecule has 1 rings (SSSR count). The van der Waals surface area contributed by atoms with Crippen LogP contribution in [-0.2, 0) is 20.6 Å². The molecule has 3 nitrogen and oxygen atoms in total. The van der Waals surface area contributed by atoms with Gasteiger partial charge in [-0.2, -0.15) is 0 Å². The van der Waals surface area contributed by atoms with Gasteiger partial charge in [0.25, 0.3) is 0 Å². The molecule has 0 aromatic heterocycles. The van der Waals surface area contributed by atoms with E-state index in [0.717, 1.165) is 30.6 Å². The Bertz CT molecular complexity index is 411. The zero-order chi connectivity index (χ0) is 16.8. The van der Waals surface area contributed by atoms with Crippen LogP contribution in [0.1, 0.15) is 44.2 Å². The third-order valence-electron chi connectivity index (χ3n) is 3.56. The fourth-order valence-electron chi connectivity index (χ4n) is 2.16. The Hall–Kier alpha value is -1.16. The van der Waals surface area contributed by atoms with Gasteiger partial charge >= 0.3 is 0 Å². The van der Waals surface area contributed by atoms with Crippen molar-refractivity contribution in [3.63, 3.8) is 0 Å². The van der Waals surface area contributed by atoms with E-state index >= 15 is 0 Å². The van der Waals surface area contributed by atoms with Crippen LogP contribution in [0.15, 0.2) is 30.8 Å². The Morgan fingerprint density at radius 1 is 0.826 bits per heavy atom. The lowest BCUT2D eigenvalue weighted by molar-refractivity contribution is 0.0198. The van der Waals surface area contributed by atoms with E-state index in [-0.39, 0.29) is 0 Å². The molecule has 0 aliphatic carbocycles. The molecule has 0 aliphatic heterocycles. The van der Waals surface area contributed by atoms with E-state index < -0.39 is 0 Å². The summed E-state index contributed by atoms with van der Waals surface area (Å²) in [6.45, 7) is 12.3. The van der Waals surface area contributed by atoms with Crippen LogP contribution >= 0.6 is 0 Å². The van der Waals surface area contributed by atoms with Gasteiger partial charge < -0.3 is 14.2 Å². The van der Waals surface area contributed by atoms with Gasteiger partial charge in [-0.15, -0.1) is 0 Å². The minimum atomic E-state index is 0.545. The predicted octanol–water partition coefficient (Wildman–Crippen LogP) is 4.50. The van der Waals surface area contributed by atoms with Gasteiger partial charge in [0, 0.05) is 6.61 Å². The minimum Gasteiger partial charge on any atom is -0.379 e. The Kier molecular flexibility index (Phi) is 11.5. The number of aryl methyl sites for hydroxylation is 1. The molecule has 0 radical (unpaired) electrons. The Morgan fingerprint density at radius 2 is 1.43 bits per heavy atom. The van der Waals surface area contributed by atoms with Crippen molar-refractivity contribution in [1.82, 2.24) is 0 Å². The summed E-state index contributed by atoms with van der Waals surface area (Å²) in [6.07, 6.45) is 4.58. The molecule has 1 aromatic carbocycles. The number of benzene rings is 1. The largest absolute Gasteiger partial charge is 0.379 e. The molecule has 0 N–H and O–H groups in total. The van der Waals surface area contributed by atoms with Crippen molar-refractivity contribution < 1.29 is 14.2 Å². The quantitative estimate of drug-likeness (QED) is 0.472. The van der Waals surface area contributed by atoms with E-state index in [1.807, 2.05) is 0 Å². The maximum absolute atomic E-state index is 5.61. The Morgan fingerprint density at radius 3 is 2.04 bits per heavy atom. The summed E-state index contributed by atoms with van der Waals surface area (Å²) in [6, 6.07) is 8.60. The lowest BCUT2D eigenvalue weighted by Gasteiger charge is -2.09. The number of ether oxygens (including phenoxy) is 3. The van der Waals surface area contributed by atoms with Crippen molar-refractivity contribution in [3.8, 4) is 0 Å². The van der Waals surface area contributed by atoms with E-state index in [2.05, 4.69) is 44.7 Å². The molecule has 0 atom stereocenters. The van der Waals surface area contributed by atoms with Gasteiger partial charge in [-0.05, 0) is 29.5 Å². The first-order valence-corrected chi connectivity index (χ1v) is 8.78. The van der Waals surface area contributed by atoms with Gasteiger partial charge in [-0.3, -0.25) is 0 Å². The van der Waals surface area contributed by atoms with Crippen LogP contribution in [-0.4, -0.2) is 39.6 Å². The molecule has 23 heavy (non-hydrogen) atoms. The Labute approximate surface area is 141 Å². The predicted molar refractivity (Wildman–Crippen MR) is 96.8 cm³/mol. The minimum absolute atomic E-state index is 0.545. The van der Waals surface area contributed by atoms with E-state index in [1.54, 1.807) is 0 Å². The summed E-state index contributed by atoms with van der Waals surface area (Å²) >= 11 is 0. The molecule has 3 heteroatoms. The van der Waals surface area contributed by atoms with Gasteiger partial charge in [0.2, 0.25) is 0 Å². The number of hydrogen-bond acceptors (Lipinski definition) is 3. The fourth-order valence-corrected chi connectivity index (χ4v) is 2.16. The van der Waals surface area contributed by atoms with Crippen molar-refractivity contribution in [3.05, 3.63) is 42.0 Å². The maximum atomic E-state index is 5.61. The first-order chi connectivity index (χ1) is 11.3. The summed E-state index contributed by atoms with van der Waals surface area (Å²) in [5.41, 5.74) is 3.53. The number of unbranched alkanes of at least 4 members (excludes halogenated alkanes) is 1. The summed E-state index contributed by atoms with van der Waals surface area (Å²) in [7, 11) is 0. The second-order valence-corrected chi connectivity index (χ2v) is 5.68. The summed E-state index contributed by atoms with van der Waals surface area (Å²) in [5.74, 6) is 0. The molecular weight excluding hydrogens is 288 g/mol. The fraction of sp³-hybridized carbons (Fsp3) is 0.600.